The number of fused-ring (bicyclic) bond motifs is 1. The van der Waals surface area contributed by atoms with Crippen molar-refractivity contribution in [3.05, 3.63) is 90.0 Å². The van der Waals surface area contributed by atoms with E-state index >= 15 is 0 Å². The molecule has 0 aliphatic carbocycles. The summed E-state index contributed by atoms with van der Waals surface area (Å²) in [7, 11) is 0. The van der Waals surface area contributed by atoms with Crippen LogP contribution >= 0.6 is 12.2 Å². The number of hydrogen-bond donors (Lipinski definition) is 2. The molecule has 3 aromatic carbocycles. The molecule has 0 saturated heterocycles. The van der Waals surface area contributed by atoms with Crippen LogP contribution in [0.2, 0.25) is 0 Å². The van der Waals surface area contributed by atoms with Gasteiger partial charge in [-0.2, -0.15) is 0 Å². The molecule has 0 atom stereocenters. The van der Waals surface area contributed by atoms with Crippen LogP contribution in [-0.4, -0.2) is 29.4 Å². The second kappa shape index (κ2) is 8.76. The van der Waals surface area contributed by atoms with Crippen molar-refractivity contribution in [2.75, 3.05) is 16.8 Å². The van der Waals surface area contributed by atoms with E-state index in [0.29, 0.717) is 17.1 Å². The zero-order chi connectivity index (χ0) is 21.8. The highest BCUT2D eigenvalue weighted by Gasteiger charge is 2.38. The maximum Gasteiger partial charge on any atom is 0.268 e. The van der Waals surface area contributed by atoms with E-state index in [-0.39, 0.29) is 22.8 Å². The number of nitrogens with one attached hydrogen (secondary N) is 2. The van der Waals surface area contributed by atoms with E-state index in [9.17, 15) is 14.4 Å². The van der Waals surface area contributed by atoms with Crippen molar-refractivity contribution in [1.29, 1.82) is 0 Å². The first kappa shape index (κ1) is 20.2. The Kier molecular flexibility index (Phi) is 5.72. The van der Waals surface area contributed by atoms with Crippen molar-refractivity contribution in [1.82, 2.24) is 5.32 Å². The monoisotopic (exact) mass is 431 g/mol. The molecule has 0 fully saturated rings. The minimum absolute atomic E-state index is 0.00604. The molecule has 154 valence electrons. The van der Waals surface area contributed by atoms with Crippen LogP contribution in [0, 0.1) is 0 Å². The van der Waals surface area contributed by atoms with Crippen LogP contribution in [0.3, 0.4) is 0 Å². The average Bonchev–Trinajstić information content (AvgIpc) is 3.04. The molecule has 1 heterocycles. The number of ether oxygens (including phenoxy) is 1. The molecule has 1 aliphatic heterocycles. The Morgan fingerprint density at radius 2 is 1.55 bits per heavy atom. The van der Waals surface area contributed by atoms with E-state index in [4.69, 9.17) is 17.0 Å². The van der Waals surface area contributed by atoms with Gasteiger partial charge in [-0.25, -0.2) is 4.90 Å². The number of carbonyl (C=O) groups excluding carboxylic acids is 3. The highest BCUT2D eigenvalue weighted by molar-refractivity contribution is 7.80. The summed E-state index contributed by atoms with van der Waals surface area (Å²) in [6.45, 7) is -0.224. The van der Waals surface area contributed by atoms with E-state index in [0.717, 1.165) is 4.90 Å². The zero-order valence-corrected chi connectivity index (χ0v) is 17.0. The van der Waals surface area contributed by atoms with Crippen LogP contribution in [0.15, 0.2) is 78.9 Å². The summed E-state index contributed by atoms with van der Waals surface area (Å²) < 4.78 is 5.38. The zero-order valence-electron chi connectivity index (χ0n) is 16.2. The first-order chi connectivity index (χ1) is 15.0. The van der Waals surface area contributed by atoms with Gasteiger partial charge in [-0.05, 0) is 48.6 Å². The molecule has 0 radical (unpaired) electrons. The van der Waals surface area contributed by atoms with Crippen molar-refractivity contribution in [2.45, 2.75) is 0 Å². The number of hydrogen-bond acceptors (Lipinski definition) is 5. The van der Waals surface area contributed by atoms with Crippen LogP contribution in [0.25, 0.3) is 0 Å². The van der Waals surface area contributed by atoms with Crippen molar-refractivity contribution in [3.8, 4) is 5.75 Å². The maximum absolute atomic E-state index is 13.0. The number of amides is 3. The quantitative estimate of drug-likeness (QED) is 0.476. The lowest BCUT2D eigenvalue weighted by atomic mass is 10.1. The Hall–Kier alpha value is -4.04. The van der Waals surface area contributed by atoms with Gasteiger partial charge in [0, 0.05) is 0 Å². The van der Waals surface area contributed by atoms with Gasteiger partial charge < -0.3 is 10.1 Å². The fraction of sp³-hybridized carbons (Fsp3) is 0.0435. The maximum atomic E-state index is 13.0. The molecule has 0 saturated carbocycles. The Balaban J connectivity index is 1.45. The molecular formula is C23H17N3O4S. The van der Waals surface area contributed by atoms with Gasteiger partial charge in [-0.3, -0.25) is 19.7 Å². The van der Waals surface area contributed by atoms with Gasteiger partial charge in [0.2, 0.25) is 0 Å². The van der Waals surface area contributed by atoms with Crippen molar-refractivity contribution in [3.63, 3.8) is 0 Å². The number of anilines is 2. The summed E-state index contributed by atoms with van der Waals surface area (Å²) in [5.41, 5.74) is 1.28. The van der Waals surface area contributed by atoms with Crippen molar-refractivity contribution in [2.24, 2.45) is 0 Å². The van der Waals surface area contributed by atoms with Gasteiger partial charge >= 0.3 is 0 Å². The van der Waals surface area contributed by atoms with Crippen LogP contribution in [0.5, 0.6) is 5.75 Å². The minimum Gasteiger partial charge on any atom is -0.484 e. The van der Waals surface area contributed by atoms with Crippen LogP contribution in [0.1, 0.15) is 20.7 Å². The van der Waals surface area contributed by atoms with Gasteiger partial charge in [-0.15, -0.1) is 0 Å². The third kappa shape index (κ3) is 4.29. The number of para-hydroxylation sites is 2. The second-order valence-electron chi connectivity index (χ2n) is 6.61. The lowest BCUT2D eigenvalue weighted by molar-refractivity contribution is -0.121. The number of thiocarbonyl (C=S) groups is 1. The lowest BCUT2D eigenvalue weighted by Gasteiger charge is -2.14. The molecule has 3 aromatic rings. The smallest absolute Gasteiger partial charge is 0.268 e. The van der Waals surface area contributed by atoms with E-state index in [1.165, 1.54) is 0 Å². The van der Waals surface area contributed by atoms with E-state index in [1.807, 2.05) is 6.07 Å². The first-order valence-corrected chi connectivity index (χ1v) is 9.81. The number of benzene rings is 3. The van der Waals surface area contributed by atoms with Gasteiger partial charge in [0.05, 0.1) is 22.5 Å². The Bertz CT molecular complexity index is 1170. The third-order valence-corrected chi connectivity index (χ3v) is 4.75. The molecule has 3 amide bonds. The standard InChI is InChI=1S/C23H17N3O4S/c27-19(14-30-16-10-5-2-6-11-16)25-23(31)24-18-13-7-12-17-20(18)22(29)26(21(17)28)15-8-3-1-4-9-15/h1-13H,14H2,(H2,24,25,27,31). The largest absolute Gasteiger partial charge is 0.484 e. The summed E-state index contributed by atoms with van der Waals surface area (Å²) in [4.78, 5) is 39.0. The second-order valence-corrected chi connectivity index (χ2v) is 7.02. The Morgan fingerprint density at radius 3 is 2.26 bits per heavy atom. The van der Waals surface area contributed by atoms with Crippen LogP contribution in [0.4, 0.5) is 11.4 Å². The lowest BCUT2D eigenvalue weighted by Crippen LogP contribution is -2.37. The van der Waals surface area contributed by atoms with Gasteiger partial charge in [0.25, 0.3) is 17.7 Å². The van der Waals surface area contributed by atoms with Gasteiger partial charge in [-0.1, -0.05) is 42.5 Å². The molecule has 0 spiro atoms. The molecule has 4 rings (SSSR count). The van der Waals surface area contributed by atoms with Crippen LogP contribution < -0.4 is 20.3 Å². The van der Waals surface area contributed by atoms with E-state index < -0.39 is 17.7 Å². The highest BCUT2D eigenvalue weighted by Crippen LogP contribution is 2.32. The average molecular weight is 431 g/mol. The summed E-state index contributed by atoms with van der Waals surface area (Å²) in [5.74, 6) is -0.776. The third-order valence-electron chi connectivity index (χ3n) is 4.54. The Labute approximate surface area is 183 Å². The number of imide groups is 1. The Morgan fingerprint density at radius 1 is 0.871 bits per heavy atom. The van der Waals surface area contributed by atoms with Crippen LogP contribution in [-0.2, 0) is 4.79 Å². The molecule has 1 aliphatic rings. The molecular weight excluding hydrogens is 414 g/mol. The molecule has 0 aromatic heterocycles. The molecule has 2 N–H and O–H groups in total. The highest BCUT2D eigenvalue weighted by atomic mass is 32.1. The molecule has 8 heteroatoms. The van der Waals surface area contributed by atoms with E-state index in [1.54, 1.807) is 72.8 Å². The van der Waals surface area contributed by atoms with Gasteiger partial charge in [0.15, 0.2) is 11.7 Å². The predicted molar refractivity (Wildman–Crippen MR) is 120 cm³/mol. The van der Waals surface area contributed by atoms with Gasteiger partial charge in [0.1, 0.15) is 5.75 Å². The topological polar surface area (TPSA) is 87.7 Å². The fourth-order valence-electron chi connectivity index (χ4n) is 3.18. The van der Waals surface area contributed by atoms with E-state index in [2.05, 4.69) is 10.6 Å². The fourth-order valence-corrected chi connectivity index (χ4v) is 3.41. The predicted octanol–water partition coefficient (Wildman–Crippen LogP) is 3.38. The minimum atomic E-state index is -0.462. The van der Waals surface area contributed by atoms with Crippen molar-refractivity contribution >= 4 is 46.4 Å². The SMILES string of the molecule is O=C(COc1ccccc1)NC(=S)Nc1cccc2c1C(=O)N(c1ccccc1)C2=O. The first-order valence-electron chi connectivity index (χ1n) is 9.40. The molecule has 0 unspecified atom stereocenters. The summed E-state index contributed by atoms with van der Waals surface area (Å²) in [6, 6.07) is 22.4. The molecule has 31 heavy (non-hydrogen) atoms. The van der Waals surface area contributed by atoms with Crippen molar-refractivity contribution < 1.29 is 19.1 Å². The molecule has 0 bridgehead atoms. The number of carbonyl (C=O) groups is 3. The normalized spacial score (nSPS) is 12.3. The summed E-state index contributed by atoms with van der Waals surface area (Å²) in [6.07, 6.45) is 0. The number of rotatable bonds is 5. The summed E-state index contributed by atoms with van der Waals surface area (Å²) in [5, 5.41) is 5.34. The summed E-state index contributed by atoms with van der Waals surface area (Å²) >= 11 is 5.20. The number of nitrogens with zero attached hydrogens (tertiary/aromatic N) is 1. The molecule has 7 nitrogen and oxygen atoms in total.